The van der Waals surface area contributed by atoms with E-state index in [1.807, 2.05) is 17.5 Å². The Kier molecular flexibility index (Phi) is 5.68. The van der Waals surface area contributed by atoms with E-state index in [2.05, 4.69) is 10.1 Å². The van der Waals surface area contributed by atoms with Gasteiger partial charge in [0, 0.05) is 17.8 Å². The highest BCUT2D eigenvalue weighted by Gasteiger charge is 2.05. The second-order valence-corrected chi connectivity index (χ2v) is 5.41. The largest absolute Gasteiger partial charge is 0.435 e. The molecular weight excluding hydrogens is 296 g/mol. The van der Waals surface area contributed by atoms with E-state index in [9.17, 15) is 13.6 Å². The molecule has 1 heterocycles. The first-order valence-electron chi connectivity index (χ1n) is 6.46. The molecule has 1 amide bonds. The van der Waals surface area contributed by atoms with Crippen LogP contribution in [-0.4, -0.2) is 12.5 Å². The van der Waals surface area contributed by atoms with Crippen molar-refractivity contribution in [1.82, 2.24) is 5.32 Å². The summed E-state index contributed by atoms with van der Waals surface area (Å²) in [5.41, 5.74) is 0.834. The SMILES string of the molecule is O=C(CCc1cccs1)NCc1ccc(OC(F)F)cc1. The fourth-order valence-electron chi connectivity index (χ4n) is 1.77. The first-order chi connectivity index (χ1) is 10.1. The quantitative estimate of drug-likeness (QED) is 0.848. The van der Waals surface area contributed by atoms with Crippen molar-refractivity contribution in [2.24, 2.45) is 0 Å². The molecule has 0 saturated carbocycles. The summed E-state index contributed by atoms with van der Waals surface area (Å²) >= 11 is 1.63. The molecule has 21 heavy (non-hydrogen) atoms. The molecule has 0 aliphatic heterocycles. The fraction of sp³-hybridized carbons (Fsp3) is 0.267. The third-order valence-corrected chi connectivity index (χ3v) is 3.75. The van der Waals surface area contributed by atoms with Crippen LogP contribution in [0, 0.1) is 0 Å². The molecule has 0 aliphatic carbocycles. The maximum Gasteiger partial charge on any atom is 0.387 e. The van der Waals surface area contributed by atoms with Crippen LogP contribution in [0.15, 0.2) is 41.8 Å². The molecule has 3 nitrogen and oxygen atoms in total. The van der Waals surface area contributed by atoms with Gasteiger partial charge in [-0.25, -0.2) is 0 Å². The van der Waals surface area contributed by atoms with Gasteiger partial charge in [-0.1, -0.05) is 18.2 Å². The third kappa shape index (κ3) is 5.51. The zero-order valence-electron chi connectivity index (χ0n) is 11.2. The van der Waals surface area contributed by atoms with E-state index in [1.54, 1.807) is 23.5 Å². The van der Waals surface area contributed by atoms with Gasteiger partial charge in [0.15, 0.2) is 0 Å². The first kappa shape index (κ1) is 15.4. The molecule has 1 aromatic heterocycles. The Morgan fingerprint density at radius 2 is 2.00 bits per heavy atom. The average Bonchev–Trinajstić information content (AvgIpc) is 2.97. The van der Waals surface area contributed by atoms with Gasteiger partial charge in [0.05, 0.1) is 0 Å². The Morgan fingerprint density at radius 3 is 2.62 bits per heavy atom. The van der Waals surface area contributed by atoms with Crippen LogP contribution >= 0.6 is 11.3 Å². The maximum absolute atomic E-state index is 12.0. The number of ether oxygens (including phenoxy) is 1. The van der Waals surface area contributed by atoms with Gasteiger partial charge in [-0.05, 0) is 35.6 Å². The molecule has 0 aliphatic rings. The van der Waals surface area contributed by atoms with Gasteiger partial charge in [0.25, 0.3) is 0 Å². The fourth-order valence-corrected chi connectivity index (χ4v) is 2.48. The van der Waals surface area contributed by atoms with Crippen LogP contribution in [0.25, 0.3) is 0 Å². The van der Waals surface area contributed by atoms with E-state index in [4.69, 9.17) is 0 Å². The molecule has 2 aromatic rings. The van der Waals surface area contributed by atoms with Crippen LogP contribution in [0.3, 0.4) is 0 Å². The van der Waals surface area contributed by atoms with Gasteiger partial charge in [0.2, 0.25) is 5.91 Å². The number of aryl methyl sites for hydroxylation is 1. The highest BCUT2D eigenvalue weighted by atomic mass is 32.1. The number of hydrogen-bond donors (Lipinski definition) is 1. The summed E-state index contributed by atoms with van der Waals surface area (Å²) < 4.78 is 28.3. The van der Waals surface area contributed by atoms with Crippen molar-refractivity contribution in [1.29, 1.82) is 0 Å². The number of carbonyl (C=O) groups excluding carboxylic acids is 1. The van der Waals surface area contributed by atoms with Gasteiger partial charge in [-0.15, -0.1) is 11.3 Å². The molecule has 0 saturated heterocycles. The summed E-state index contributed by atoms with van der Waals surface area (Å²) in [6, 6.07) is 10.2. The number of halogens is 2. The standard InChI is InChI=1S/C15H15F2NO2S/c16-15(17)20-12-5-3-11(4-6-12)10-18-14(19)8-7-13-2-1-9-21-13/h1-6,9,15H,7-8,10H2,(H,18,19). The lowest BCUT2D eigenvalue weighted by molar-refractivity contribution is -0.121. The van der Waals surface area contributed by atoms with E-state index >= 15 is 0 Å². The number of carbonyl (C=O) groups is 1. The van der Waals surface area contributed by atoms with Crippen molar-refractivity contribution < 1.29 is 18.3 Å². The predicted molar refractivity (Wildman–Crippen MR) is 77.6 cm³/mol. The number of hydrogen-bond acceptors (Lipinski definition) is 3. The summed E-state index contributed by atoms with van der Waals surface area (Å²) in [4.78, 5) is 12.9. The van der Waals surface area contributed by atoms with Crippen LogP contribution in [-0.2, 0) is 17.8 Å². The number of amides is 1. The lowest BCUT2D eigenvalue weighted by Gasteiger charge is -2.07. The Morgan fingerprint density at radius 1 is 1.24 bits per heavy atom. The summed E-state index contributed by atoms with van der Waals surface area (Å²) in [7, 11) is 0. The zero-order chi connectivity index (χ0) is 15.1. The highest BCUT2D eigenvalue weighted by Crippen LogP contribution is 2.15. The Hall–Kier alpha value is -1.95. The number of nitrogens with one attached hydrogen (secondary N) is 1. The molecule has 1 aromatic carbocycles. The lowest BCUT2D eigenvalue weighted by Crippen LogP contribution is -2.22. The van der Waals surface area contributed by atoms with Gasteiger partial charge in [-0.2, -0.15) is 8.78 Å². The number of rotatable bonds is 7. The van der Waals surface area contributed by atoms with Crippen molar-refractivity contribution in [3.8, 4) is 5.75 Å². The second kappa shape index (κ2) is 7.73. The molecule has 0 unspecified atom stereocenters. The van der Waals surface area contributed by atoms with E-state index in [0.29, 0.717) is 13.0 Å². The smallest absolute Gasteiger partial charge is 0.387 e. The van der Waals surface area contributed by atoms with Crippen molar-refractivity contribution in [3.63, 3.8) is 0 Å². The molecule has 0 atom stereocenters. The third-order valence-electron chi connectivity index (χ3n) is 2.82. The van der Waals surface area contributed by atoms with Crippen molar-refractivity contribution >= 4 is 17.2 Å². The molecule has 0 radical (unpaired) electrons. The summed E-state index contributed by atoms with van der Waals surface area (Å²) in [6.07, 6.45) is 1.16. The van der Waals surface area contributed by atoms with Crippen LogP contribution in [0.5, 0.6) is 5.75 Å². The average molecular weight is 311 g/mol. The van der Waals surface area contributed by atoms with Crippen molar-refractivity contribution in [3.05, 3.63) is 52.2 Å². The van der Waals surface area contributed by atoms with Gasteiger partial charge >= 0.3 is 6.61 Å². The van der Waals surface area contributed by atoms with Crippen LogP contribution in [0.4, 0.5) is 8.78 Å². The van der Waals surface area contributed by atoms with E-state index in [-0.39, 0.29) is 11.7 Å². The number of benzene rings is 1. The molecule has 112 valence electrons. The Balaban J connectivity index is 1.73. The molecule has 0 fully saturated rings. The summed E-state index contributed by atoms with van der Waals surface area (Å²) in [5.74, 6) is 0.0779. The summed E-state index contributed by atoms with van der Waals surface area (Å²) in [6.45, 7) is -2.45. The predicted octanol–water partition coefficient (Wildman–Crippen LogP) is 3.60. The topological polar surface area (TPSA) is 38.3 Å². The monoisotopic (exact) mass is 311 g/mol. The van der Waals surface area contributed by atoms with E-state index in [1.165, 1.54) is 17.0 Å². The summed E-state index contributed by atoms with van der Waals surface area (Å²) in [5, 5.41) is 4.78. The molecule has 1 N–H and O–H groups in total. The number of alkyl halides is 2. The lowest BCUT2D eigenvalue weighted by atomic mass is 10.2. The van der Waals surface area contributed by atoms with E-state index in [0.717, 1.165) is 12.0 Å². The Bertz CT molecular complexity index is 556. The molecule has 6 heteroatoms. The maximum atomic E-state index is 12.0. The minimum absolute atomic E-state index is 0.0312. The van der Waals surface area contributed by atoms with E-state index < -0.39 is 6.61 Å². The van der Waals surface area contributed by atoms with Crippen LogP contribution < -0.4 is 10.1 Å². The van der Waals surface area contributed by atoms with Crippen molar-refractivity contribution in [2.75, 3.05) is 0 Å². The van der Waals surface area contributed by atoms with Crippen LogP contribution in [0.1, 0.15) is 16.9 Å². The Labute approximate surface area is 125 Å². The molecule has 0 spiro atoms. The minimum Gasteiger partial charge on any atom is -0.435 e. The normalized spacial score (nSPS) is 10.6. The minimum atomic E-state index is -2.83. The molecular formula is C15H15F2NO2S. The number of thiophene rings is 1. The van der Waals surface area contributed by atoms with Crippen LogP contribution in [0.2, 0.25) is 0 Å². The van der Waals surface area contributed by atoms with Gasteiger partial charge in [0.1, 0.15) is 5.75 Å². The highest BCUT2D eigenvalue weighted by molar-refractivity contribution is 7.09. The molecule has 2 rings (SSSR count). The van der Waals surface area contributed by atoms with Gasteiger partial charge in [-0.3, -0.25) is 4.79 Å². The molecule has 0 bridgehead atoms. The zero-order valence-corrected chi connectivity index (χ0v) is 12.0. The van der Waals surface area contributed by atoms with Gasteiger partial charge < -0.3 is 10.1 Å². The first-order valence-corrected chi connectivity index (χ1v) is 7.34. The second-order valence-electron chi connectivity index (χ2n) is 4.38. The van der Waals surface area contributed by atoms with Crippen molar-refractivity contribution in [2.45, 2.75) is 26.0 Å².